The number of carbonyl (C=O) groups excluding carboxylic acids is 2. The van der Waals surface area contributed by atoms with Gasteiger partial charge in [0.05, 0.1) is 18.7 Å². The number of carbonyl (C=O) groups is 2. The second-order valence-electron chi connectivity index (χ2n) is 6.72. The van der Waals surface area contributed by atoms with Crippen molar-refractivity contribution in [3.63, 3.8) is 0 Å². The van der Waals surface area contributed by atoms with Crippen molar-refractivity contribution >= 4 is 17.5 Å². The Morgan fingerprint density at radius 3 is 2.30 bits per heavy atom. The van der Waals surface area contributed by atoms with Crippen LogP contribution >= 0.6 is 0 Å². The average Bonchev–Trinajstić information content (AvgIpc) is 2.45. The maximum Gasteiger partial charge on any atom is 0.282 e. The molecule has 0 aliphatic heterocycles. The fourth-order valence-electron chi connectivity index (χ4n) is 1.97. The van der Waals surface area contributed by atoms with Crippen LogP contribution in [0.15, 0.2) is 24.3 Å². The standard InChI is InChI=1S/C17H24N4O2/c1-12(21(5)11-15(22)20-17(2,3)4)16(23)19-14-8-6-13(10-18)7-9-14/h6-9,12H,11H2,1-5H3,(H,19,23)(H,20,22)/p+1/t12-/m1/s1. The summed E-state index contributed by atoms with van der Waals surface area (Å²) in [6.45, 7) is 7.75. The van der Waals surface area contributed by atoms with Crippen molar-refractivity contribution in [2.24, 2.45) is 0 Å². The molecule has 0 aliphatic rings. The summed E-state index contributed by atoms with van der Waals surface area (Å²) in [5.74, 6) is -0.260. The number of likely N-dealkylation sites (N-methyl/N-ethyl adjacent to an activating group) is 1. The number of amides is 2. The molecule has 0 aromatic heterocycles. The number of hydrogen-bond acceptors (Lipinski definition) is 3. The first-order valence-corrected chi connectivity index (χ1v) is 7.57. The summed E-state index contributed by atoms with van der Waals surface area (Å²) in [6.07, 6.45) is 0. The van der Waals surface area contributed by atoms with Crippen LogP contribution in [0.1, 0.15) is 33.3 Å². The van der Waals surface area contributed by atoms with E-state index < -0.39 is 0 Å². The molecule has 0 heterocycles. The van der Waals surface area contributed by atoms with Gasteiger partial charge in [-0.3, -0.25) is 9.59 Å². The van der Waals surface area contributed by atoms with Gasteiger partial charge < -0.3 is 15.5 Å². The van der Waals surface area contributed by atoms with E-state index in [-0.39, 0.29) is 29.9 Å². The third-order valence-corrected chi connectivity index (χ3v) is 3.37. The highest BCUT2D eigenvalue weighted by Gasteiger charge is 2.25. The molecule has 0 aliphatic carbocycles. The van der Waals surface area contributed by atoms with Crippen LogP contribution in [0, 0.1) is 11.3 Å². The number of nitrogens with zero attached hydrogens (tertiary/aromatic N) is 1. The van der Waals surface area contributed by atoms with Crippen molar-refractivity contribution in [3.05, 3.63) is 29.8 Å². The zero-order valence-corrected chi connectivity index (χ0v) is 14.4. The maximum absolute atomic E-state index is 12.2. The quantitative estimate of drug-likeness (QED) is 0.731. The molecule has 1 rings (SSSR count). The highest BCUT2D eigenvalue weighted by atomic mass is 16.2. The van der Waals surface area contributed by atoms with E-state index in [1.165, 1.54) is 0 Å². The summed E-state index contributed by atoms with van der Waals surface area (Å²) in [5, 5.41) is 14.4. The largest absolute Gasteiger partial charge is 0.347 e. The second-order valence-corrected chi connectivity index (χ2v) is 6.72. The van der Waals surface area contributed by atoms with E-state index in [0.717, 1.165) is 4.90 Å². The summed E-state index contributed by atoms with van der Waals surface area (Å²) in [6, 6.07) is 8.31. The summed E-state index contributed by atoms with van der Waals surface area (Å²) in [4.78, 5) is 25.0. The van der Waals surface area contributed by atoms with E-state index in [9.17, 15) is 9.59 Å². The van der Waals surface area contributed by atoms with E-state index >= 15 is 0 Å². The Kier molecular flexibility index (Phi) is 6.28. The van der Waals surface area contributed by atoms with Crippen molar-refractivity contribution < 1.29 is 14.5 Å². The molecular formula is C17H25N4O2+. The topological polar surface area (TPSA) is 86.4 Å². The van der Waals surface area contributed by atoms with E-state index in [1.807, 2.05) is 33.9 Å². The van der Waals surface area contributed by atoms with Crippen LogP contribution in [0.25, 0.3) is 0 Å². The molecule has 2 amide bonds. The predicted molar refractivity (Wildman–Crippen MR) is 88.9 cm³/mol. The number of hydrogen-bond donors (Lipinski definition) is 3. The van der Waals surface area contributed by atoms with Crippen LogP contribution in [-0.2, 0) is 9.59 Å². The van der Waals surface area contributed by atoms with Gasteiger partial charge in [-0.25, -0.2) is 0 Å². The molecule has 0 saturated heterocycles. The molecule has 3 N–H and O–H groups in total. The van der Waals surface area contributed by atoms with E-state index in [2.05, 4.69) is 10.6 Å². The van der Waals surface area contributed by atoms with Crippen molar-refractivity contribution in [1.29, 1.82) is 5.26 Å². The van der Waals surface area contributed by atoms with Gasteiger partial charge in [0, 0.05) is 11.2 Å². The van der Waals surface area contributed by atoms with Gasteiger partial charge in [-0.05, 0) is 52.0 Å². The smallest absolute Gasteiger partial charge is 0.282 e. The van der Waals surface area contributed by atoms with Crippen LogP contribution in [0.2, 0.25) is 0 Å². The van der Waals surface area contributed by atoms with Crippen molar-refractivity contribution in [2.75, 3.05) is 18.9 Å². The molecular weight excluding hydrogens is 292 g/mol. The molecule has 6 nitrogen and oxygen atoms in total. The maximum atomic E-state index is 12.2. The van der Waals surface area contributed by atoms with Gasteiger partial charge in [0.25, 0.3) is 11.8 Å². The monoisotopic (exact) mass is 317 g/mol. The number of benzene rings is 1. The lowest BCUT2D eigenvalue weighted by Gasteiger charge is -2.24. The van der Waals surface area contributed by atoms with Crippen LogP contribution in [0.5, 0.6) is 0 Å². The van der Waals surface area contributed by atoms with Crippen molar-refractivity contribution in [2.45, 2.75) is 39.3 Å². The van der Waals surface area contributed by atoms with E-state index in [1.54, 1.807) is 31.2 Å². The van der Waals surface area contributed by atoms with Gasteiger partial charge in [-0.1, -0.05) is 0 Å². The highest BCUT2D eigenvalue weighted by Crippen LogP contribution is 2.08. The molecule has 0 saturated carbocycles. The van der Waals surface area contributed by atoms with E-state index in [4.69, 9.17) is 5.26 Å². The summed E-state index contributed by atoms with van der Waals surface area (Å²) in [5.41, 5.74) is 0.885. The third-order valence-electron chi connectivity index (χ3n) is 3.37. The molecule has 6 heteroatoms. The molecule has 124 valence electrons. The van der Waals surface area contributed by atoms with E-state index in [0.29, 0.717) is 11.3 Å². The third kappa shape index (κ3) is 6.49. The first-order valence-electron chi connectivity index (χ1n) is 7.57. The zero-order valence-electron chi connectivity index (χ0n) is 14.4. The van der Waals surface area contributed by atoms with Crippen LogP contribution < -0.4 is 15.5 Å². The summed E-state index contributed by atoms with van der Waals surface area (Å²) in [7, 11) is 1.81. The summed E-state index contributed by atoms with van der Waals surface area (Å²) >= 11 is 0. The number of anilines is 1. The lowest BCUT2D eigenvalue weighted by Crippen LogP contribution is -3.15. The number of nitrogens with one attached hydrogen (secondary N) is 3. The Balaban J connectivity index is 2.58. The Morgan fingerprint density at radius 1 is 1.26 bits per heavy atom. The van der Waals surface area contributed by atoms with Gasteiger partial charge in [0.2, 0.25) is 0 Å². The fraction of sp³-hybridized carbons (Fsp3) is 0.471. The van der Waals surface area contributed by atoms with Gasteiger partial charge in [-0.2, -0.15) is 5.26 Å². The summed E-state index contributed by atoms with van der Waals surface area (Å²) < 4.78 is 0. The Morgan fingerprint density at radius 2 is 1.83 bits per heavy atom. The molecule has 0 radical (unpaired) electrons. The van der Waals surface area contributed by atoms with Gasteiger partial charge in [0.15, 0.2) is 12.6 Å². The minimum Gasteiger partial charge on any atom is -0.347 e. The average molecular weight is 317 g/mol. The van der Waals surface area contributed by atoms with Crippen LogP contribution in [0.4, 0.5) is 5.69 Å². The molecule has 1 unspecified atom stereocenters. The molecule has 0 spiro atoms. The number of rotatable bonds is 5. The minimum atomic E-state index is -0.378. The Labute approximate surface area is 137 Å². The lowest BCUT2D eigenvalue weighted by atomic mass is 10.1. The van der Waals surface area contributed by atoms with Gasteiger partial charge >= 0.3 is 0 Å². The number of nitriles is 1. The predicted octanol–water partition coefficient (Wildman–Crippen LogP) is 0.315. The van der Waals surface area contributed by atoms with Gasteiger partial charge in [-0.15, -0.1) is 0 Å². The van der Waals surface area contributed by atoms with Gasteiger partial charge in [0.1, 0.15) is 0 Å². The SMILES string of the molecule is C[C@H](C(=O)Nc1ccc(C#N)cc1)[NH+](C)CC(=O)NC(C)(C)C. The first kappa shape index (κ1) is 18.7. The van der Waals surface area contributed by atoms with Crippen molar-refractivity contribution in [1.82, 2.24) is 5.32 Å². The minimum absolute atomic E-state index is 0.0898. The lowest BCUT2D eigenvalue weighted by molar-refractivity contribution is -0.885. The van der Waals surface area contributed by atoms with Crippen LogP contribution in [-0.4, -0.2) is 37.0 Å². The molecule has 0 fully saturated rings. The number of quaternary nitrogens is 1. The molecule has 1 aromatic rings. The molecule has 0 bridgehead atoms. The second kappa shape index (κ2) is 7.75. The van der Waals surface area contributed by atoms with Crippen molar-refractivity contribution in [3.8, 4) is 6.07 Å². The zero-order chi connectivity index (χ0) is 17.6. The molecule has 2 atom stereocenters. The fourth-order valence-corrected chi connectivity index (χ4v) is 1.97. The Bertz CT molecular complexity index is 597. The molecule has 1 aromatic carbocycles. The normalized spacial score (nSPS) is 13.6. The first-order chi connectivity index (χ1) is 10.6. The highest BCUT2D eigenvalue weighted by molar-refractivity contribution is 5.93. The Hall–Kier alpha value is -2.39. The van der Waals surface area contributed by atoms with Crippen LogP contribution in [0.3, 0.4) is 0 Å². The molecule has 23 heavy (non-hydrogen) atoms.